The predicted molar refractivity (Wildman–Crippen MR) is 121 cm³/mol. The van der Waals surface area contributed by atoms with E-state index in [0.717, 1.165) is 11.1 Å². The molecule has 1 N–H and O–H groups in total. The van der Waals surface area contributed by atoms with Crippen molar-refractivity contribution < 1.29 is 17.9 Å². The number of amidine groups is 1. The van der Waals surface area contributed by atoms with Crippen LogP contribution in [0.4, 0.5) is 13.2 Å². The maximum absolute atomic E-state index is 12.7. The molecule has 0 aliphatic carbocycles. The molecule has 4 rings (SSSR count). The molecule has 3 aromatic carbocycles. The zero-order chi connectivity index (χ0) is 21.0. The van der Waals surface area contributed by atoms with Crippen LogP contribution in [0.3, 0.4) is 0 Å². The Hall–Kier alpha value is -2.64. The Kier molecular flexibility index (Phi) is 7.51. The lowest BCUT2D eigenvalue weighted by atomic mass is 9.95. The lowest BCUT2D eigenvalue weighted by molar-refractivity contribution is -0.274. The first-order valence-corrected chi connectivity index (χ1v) is 10.4. The van der Waals surface area contributed by atoms with E-state index >= 15 is 0 Å². The maximum Gasteiger partial charge on any atom is 0.573 e. The average Bonchev–Trinajstić information content (AvgIpc) is 3.18. The molecule has 1 heterocycles. The number of ether oxygens (including phenoxy) is 1. The van der Waals surface area contributed by atoms with Gasteiger partial charge >= 0.3 is 6.36 Å². The molecule has 0 saturated carbocycles. The lowest BCUT2D eigenvalue weighted by Crippen LogP contribution is -2.22. The second kappa shape index (κ2) is 10.1. The fourth-order valence-electron chi connectivity index (χ4n) is 3.37. The third-order valence-corrected chi connectivity index (χ3v) is 5.67. The minimum atomic E-state index is -4.72. The van der Waals surface area contributed by atoms with Crippen molar-refractivity contribution in [2.24, 2.45) is 4.99 Å². The van der Waals surface area contributed by atoms with Crippen LogP contribution in [0.15, 0.2) is 89.9 Å². The monoisotopic (exact) mass is 464 g/mol. The normalized spacial score (nSPS) is 18.0. The van der Waals surface area contributed by atoms with Gasteiger partial charge in [0.15, 0.2) is 5.17 Å². The summed E-state index contributed by atoms with van der Waals surface area (Å²) in [7, 11) is 0. The molecule has 0 fully saturated rings. The van der Waals surface area contributed by atoms with Gasteiger partial charge in [-0.15, -0.1) is 25.6 Å². The fraction of sp³-hybridized carbons (Fsp3) is 0.174. The molecular formula is C23H20ClF3N2OS. The highest BCUT2D eigenvalue weighted by atomic mass is 35.5. The van der Waals surface area contributed by atoms with Crippen LogP contribution in [0.25, 0.3) is 0 Å². The Labute approximate surface area is 189 Å². The van der Waals surface area contributed by atoms with Gasteiger partial charge < -0.3 is 10.1 Å². The molecular weight excluding hydrogens is 445 g/mol. The number of thioether (sulfide) groups is 1. The van der Waals surface area contributed by atoms with Crippen LogP contribution in [0.5, 0.6) is 5.75 Å². The molecule has 1 aliphatic rings. The zero-order valence-electron chi connectivity index (χ0n) is 16.3. The first kappa shape index (κ1) is 23.0. The Morgan fingerprint density at radius 1 is 0.839 bits per heavy atom. The Morgan fingerprint density at radius 2 is 1.42 bits per heavy atom. The highest BCUT2D eigenvalue weighted by molar-refractivity contribution is 8.13. The number of para-hydroxylation sites is 1. The third-order valence-electron chi connectivity index (χ3n) is 4.71. The van der Waals surface area contributed by atoms with Crippen molar-refractivity contribution in [1.82, 2.24) is 5.32 Å². The molecule has 0 saturated heterocycles. The summed E-state index contributed by atoms with van der Waals surface area (Å²) in [6.45, 7) is 0. The zero-order valence-corrected chi connectivity index (χ0v) is 17.9. The van der Waals surface area contributed by atoms with Crippen LogP contribution in [-0.4, -0.2) is 11.5 Å². The Balaban J connectivity index is 0.00000272. The number of halogens is 4. The van der Waals surface area contributed by atoms with Crippen molar-refractivity contribution in [2.45, 2.75) is 24.2 Å². The molecule has 0 amide bonds. The van der Waals surface area contributed by atoms with E-state index in [1.54, 1.807) is 12.1 Å². The van der Waals surface area contributed by atoms with Gasteiger partial charge in [-0.05, 0) is 17.2 Å². The Bertz CT molecular complexity index is 1020. The van der Waals surface area contributed by atoms with Crippen molar-refractivity contribution in [3.63, 3.8) is 0 Å². The molecule has 162 valence electrons. The van der Waals surface area contributed by atoms with E-state index in [1.807, 2.05) is 60.7 Å². The van der Waals surface area contributed by atoms with E-state index in [1.165, 1.54) is 23.9 Å². The van der Waals surface area contributed by atoms with Gasteiger partial charge in [-0.1, -0.05) is 90.6 Å². The second-order valence-electron chi connectivity index (χ2n) is 6.77. The molecule has 2 atom stereocenters. The minimum Gasteiger partial charge on any atom is -0.405 e. The van der Waals surface area contributed by atoms with Gasteiger partial charge in [0.05, 0.1) is 6.04 Å². The van der Waals surface area contributed by atoms with Gasteiger partial charge in [-0.25, -0.2) is 0 Å². The maximum atomic E-state index is 12.7. The average molecular weight is 465 g/mol. The van der Waals surface area contributed by atoms with Gasteiger partial charge in [-0.2, -0.15) is 0 Å². The molecule has 3 nitrogen and oxygen atoms in total. The first-order valence-electron chi connectivity index (χ1n) is 9.40. The summed E-state index contributed by atoms with van der Waals surface area (Å²) in [6, 6.07) is 26.0. The minimum absolute atomic E-state index is 0. The van der Waals surface area contributed by atoms with Crippen molar-refractivity contribution in [2.75, 3.05) is 0 Å². The summed E-state index contributed by atoms with van der Waals surface area (Å²) in [6.07, 6.45) is -4.72. The topological polar surface area (TPSA) is 33.6 Å². The summed E-state index contributed by atoms with van der Waals surface area (Å²) in [5.74, 6) is 0.122. The summed E-state index contributed by atoms with van der Waals surface area (Å²) in [5, 5.41) is 4.14. The van der Waals surface area contributed by atoms with Crippen LogP contribution < -0.4 is 10.1 Å². The number of hydrogen-bond donors (Lipinski definition) is 1. The van der Waals surface area contributed by atoms with Gasteiger partial charge in [0.25, 0.3) is 0 Å². The van der Waals surface area contributed by atoms with Crippen LogP contribution in [0, 0.1) is 0 Å². The summed E-state index contributed by atoms with van der Waals surface area (Å²) in [5.41, 5.74) is 2.64. The third kappa shape index (κ3) is 5.95. The molecule has 3 aromatic rings. The molecule has 0 bridgehead atoms. The van der Waals surface area contributed by atoms with E-state index in [4.69, 9.17) is 4.99 Å². The molecule has 0 unspecified atom stereocenters. The number of benzene rings is 3. The number of alkyl halides is 3. The SMILES string of the molecule is Cl.FC(F)(F)Oc1ccccc1CSC1=N[C@H](c2ccccc2)[C@H](c2ccccc2)N1. The van der Waals surface area contributed by atoms with E-state index in [2.05, 4.69) is 10.1 Å². The van der Waals surface area contributed by atoms with E-state index in [-0.39, 0.29) is 30.2 Å². The van der Waals surface area contributed by atoms with Gasteiger partial charge in [0.2, 0.25) is 0 Å². The fourth-order valence-corrected chi connectivity index (χ4v) is 4.29. The van der Waals surface area contributed by atoms with Crippen LogP contribution in [0.1, 0.15) is 28.8 Å². The highest BCUT2D eigenvalue weighted by Crippen LogP contribution is 2.38. The van der Waals surface area contributed by atoms with Crippen LogP contribution in [-0.2, 0) is 5.75 Å². The molecule has 31 heavy (non-hydrogen) atoms. The molecule has 0 aromatic heterocycles. The summed E-state index contributed by atoms with van der Waals surface area (Å²) < 4.78 is 42.2. The molecule has 8 heteroatoms. The highest BCUT2D eigenvalue weighted by Gasteiger charge is 2.33. The number of nitrogens with zero attached hydrogens (tertiary/aromatic N) is 1. The number of rotatable bonds is 5. The predicted octanol–water partition coefficient (Wildman–Crippen LogP) is 6.68. The summed E-state index contributed by atoms with van der Waals surface area (Å²) >= 11 is 1.37. The van der Waals surface area contributed by atoms with Crippen LogP contribution in [0.2, 0.25) is 0 Å². The first-order chi connectivity index (χ1) is 14.5. The van der Waals surface area contributed by atoms with E-state index in [9.17, 15) is 13.2 Å². The smallest absolute Gasteiger partial charge is 0.405 e. The standard InChI is InChI=1S/C23H19F3N2OS.ClH/c24-23(25,26)29-19-14-8-7-13-18(19)15-30-22-27-20(16-9-3-1-4-10-16)21(28-22)17-11-5-2-6-12-17;/h1-14,20-21H,15H2,(H,27,28);1H/t20-,21+;. The van der Waals surface area contributed by atoms with Crippen molar-refractivity contribution in [3.05, 3.63) is 102 Å². The number of aliphatic imine (C=N–C) groups is 1. The van der Waals surface area contributed by atoms with Crippen molar-refractivity contribution >= 4 is 29.3 Å². The van der Waals surface area contributed by atoms with E-state index in [0.29, 0.717) is 16.5 Å². The second-order valence-corrected chi connectivity index (χ2v) is 7.73. The van der Waals surface area contributed by atoms with Gasteiger partial charge in [-0.3, -0.25) is 4.99 Å². The van der Waals surface area contributed by atoms with Gasteiger partial charge in [0.1, 0.15) is 11.8 Å². The van der Waals surface area contributed by atoms with E-state index < -0.39 is 6.36 Å². The molecule has 1 aliphatic heterocycles. The van der Waals surface area contributed by atoms with Crippen molar-refractivity contribution in [1.29, 1.82) is 0 Å². The number of nitrogens with one attached hydrogen (secondary N) is 1. The lowest BCUT2D eigenvalue weighted by Gasteiger charge is -2.19. The van der Waals surface area contributed by atoms with Gasteiger partial charge in [0, 0.05) is 11.3 Å². The number of hydrogen-bond acceptors (Lipinski definition) is 4. The largest absolute Gasteiger partial charge is 0.573 e. The molecule has 0 spiro atoms. The molecule has 0 radical (unpaired) electrons. The van der Waals surface area contributed by atoms with Crippen LogP contribution >= 0.6 is 24.2 Å². The quantitative estimate of drug-likeness (QED) is 0.457. The Morgan fingerprint density at radius 3 is 2.06 bits per heavy atom. The summed E-state index contributed by atoms with van der Waals surface area (Å²) in [4.78, 5) is 4.84. The van der Waals surface area contributed by atoms with Crippen molar-refractivity contribution in [3.8, 4) is 5.75 Å².